The van der Waals surface area contributed by atoms with Crippen molar-refractivity contribution in [2.45, 2.75) is 45.4 Å². The average molecular weight is 645 g/mol. The second-order valence-electron chi connectivity index (χ2n) is 9.93. The van der Waals surface area contributed by atoms with Gasteiger partial charge in [-0.05, 0) is 84.4 Å². The summed E-state index contributed by atoms with van der Waals surface area (Å²) in [7, 11) is 4.75. The number of ether oxygens (including phenoxy) is 6. The molecule has 42 heavy (non-hydrogen) atoms. The summed E-state index contributed by atoms with van der Waals surface area (Å²) in [4.78, 5) is 27.6. The fourth-order valence-electron chi connectivity index (χ4n) is 5.62. The Kier molecular flexibility index (Phi) is 10.6. The second kappa shape index (κ2) is 14.1. The van der Waals surface area contributed by atoms with Gasteiger partial charge in [-0.3, -0.25) is 4.79 Å². The molecule has 0 saturated heterocycles. The van der Waals surface area contributed by atoms with Crippen LogP contribution in [0.2, 0.25) is 0 Å². The Bertz CT molecular complexity index is 1400. The van der Waals surface area contributed by atoms with Crippen molar-refractivity contribution in [3.63, 3.8) is 0 Å². The number of nitrogens with one attached hydrogen (secondary N) is 1. The lowest BCUT2D eigenvalue weighted by Crippen LogP contribution is -2.36. The first kappa shape index (κ1) is 31.4. The van der Waals surface area contributed by atoms with Crippen LogP contribution in [-0.2, 0) is 19.1 Å². The first-order valence-corrected chi connectivity index (χ1v) is 14.8. The molecular formula is C32H38BrNO8. The number of benzene rings is 2. The van der Waals surface area contributed by atoms with Gasteiger partial charge < -0.3 is 33.7 Å². The van der Waals surface area contributed by atoms with E-state index < -0.39 is 11.9 Å². The first-order valence-electron chi connectivity index (χ1n) is 14.0. The minimum absolute atomic E-state index is 0.0504. The zero-order valence-electron chi connectivity index (χ0n) is 24.9. The molecule has 1 aliphatic heterocycles. The fourth-order valence-corrected chi connectivity index (χ4v) is 6.24. The number of hydrogen-bond acceptors (Lipinski definition) is 9. The predicted molar refractivity (Wildman–Crippen MR) is 161 cm³/mol. The predicted octanol–water partition coefficient (Wildman–Crippen LogP) is 5.81. The number of methoxy groups -OCH3 is 3. The van der Waals surface area contributed by atoms with Gasteiger partial charge in [-0.15, -0.1) is 0 Å². The third-order valence-electron chi connectivity index (χ3n) is 7.46. The zero-order valence-corrected chi connectivity index (χ0v) is 26.5. The van der Waals surface area contributed by atoms with Gasteiger partial charge in [0.2, 0.25) is 0 Å². The van der Waals surface area contributed by atoms with Gasteiger partial charge in [0.1, 0.15) is 6.61 Å². The van der Waals surface area contributed by atoms with Crippen molar-refractivity contribution in [3.05, 3.63) is 68.5 Å². The highest BCUT2D eigenvalue weighted by Gasteiger charge is 2.42. The SMILES string of the molecule is CCOCCOC(=O)C1=C(C)NC2=C(C(=O)C[C@@H](c3ccc(OC)c(OC)c3)C2)[C@@H]1c1cc(Br)c(OC)c(OCC)c1. The smallest absolute Gasteiger partial charge is 0.336 e. The van der Waals surface area contributed by atoms with Gasteiger partial charge in [0.15, 0.2) is 28.8 Å². The normalized spacial score (nSPS) is 18.3. The fraction of sp³-hybridized carbons (Fsp3) is 0.438. The number of halogens is 1. The van der Waals surface area contributed by atoms with Crippen LogP contribution < -0.4 is 24.3 Å². The Morgan fingerprint density at radius 1 is 0.929 bits per heavy atom. The van der Waals surface area contributed by atoms with Crippen LogP contribution in [0.1, 0.15) is 56.6 Å². The van der Waals surface area contributed by atoms with Gasteiger partial charge in [-0.1, -0.05) is 6.07 Å². The summed E-state index contributed by atoms with van der Waals surface area (Å²) >= 11 is 3.60. The van der Waals surface area contributed by atoms with Crippen LogP contribution >= 0.6 is 15.9 Å². The minimum Gasteiger partial charge on any atom is -0.493 e. The molecule has 226 valence electrons. The van der Waals surface area contributed by atoms with Crippen molar-refractivity contribution in [3.8, 4) is 23.0 Å². The standard InChI is InChI=1S/C32H38BrNO8/c1-7-40-11-12-42-32(36)28-18(3)34-23-14-20(19-9-10-25(37-4)26(16-19)38-5)15-24(35)30(23)29(28)21-13-22(33)31(39-6)27(17-21)41-8-2/h9-10,13,16-17,20,29,34H,7-8,11-12,14-15H2,1-6H3/t20-,29+/m0/s1. The van der Waals surface area contributed by atoms with E-state index in [1.807, 2.05) is 51.1 Å². The summed E-state index contributed by atoms with van der Waals surface area (Å²) in [6.45, 7) is 6.93. The van der Waals surface area contributed by atoms with Crippen LogP contribution in [0.15, 0.2) is 57.3 Å². The molecule has 2 aromatic rings. The van der Waals surface area contributed by atoms with Gasteiger partial charge in [0, 0.05) is 35.9 Å². The van der Waals surface area contributed by atoms with Crippen LogP contribution in [0.3, 0.4) is 0 Å². The lowest BCUT2D eigenvalue weighted by molar-refractivity contribution is -0.140. The molecule has 1 heterocycles. The van der Waals surface area contributed by atoms with E-state index in [2.05, 4.69) is 21.2 Å². The monoisotopic (exact) mass is 643 g/mol. The van der Waals surface area contributed by atoms with Gasteiger partial charge >= 0.3 is 5.97 Å². The van der Waals surface area contributed by atoms with E-state index >= 15 is 0 Å². The molecule has 0 saturated carbocycles. The highest BCUT2D eigenvalue weighted by Crippen LogP contribution is 2.49. The van der Waals surface area contributed by atoms with Crippen molar-refractivity contribution in [1.82, 2.24) is 5.32 Å². The first-order chi connectivity index (χ1) is 20.3. The number of hydrogen-bond donors (Lipinski definition) is 1. The average Bonchev–Trinajstić information content (AvgIpc) is 2.98. The lowest BCUT2D eigenvalue weighted by Gasteiger charge is -2.37. The molecule has 2 atom stereocenters. The molecule has 0 bridgehead atoms. The van der Waals surface area contributed by atoms with Crippen LogP contribution in [-0.4, -0.2) is 59.5 Å². The van der Waals surface area contributed by atoms with Crippen molar-refractivity contribution < 1.29 is 38.0 Å². The molecule has 2 aromatic carbocycles. The van der Waals surface area contributed by atoms with Gasteiger partial charge in [-0.2, -0.15) is 0 Å². The zero-order chi connectivity index (χ0) is 30.4. The molecule has 9 nitrogen and oxygen atoms in total. The third-order valence-corrected chi connectivity index (χ3v) is 8.05. The molecule has 0 fully saturated rings. The van der Waals surface area contributed by atoms with E-state index in [0.717, 1.165) is 11.3 Å². The number of esters is 1. The lowest BCUT2D eigenvalue weighted by atomic mass is 9.71. The number of Topliss-reactive ketones (excluding diaryl/α,β-unsaturated/α-hetero) is 1. The molecule has 1 N–H and O–H groups in total. The van der Waals surface area contributed by atoms with Crippen LogP contribution in [0, 0.1) is 0 Å². The highest BCUT2D eigenvalue weighted by atomic mass is 79.9. The number of allylic oxidation sites excluding steroid dienone is 3. The maximum absolute atomic E-state index is 14.1. The summed E-state index contributed by atoms with van der Waals surface area (Å²) in [5, 5.41) is 3.39. The molecule has 0 amide bonds. The largest absolute Gasteiger partial charge is 0.493 e. The van der Waals surface area contributed by atoms with E-state index in [1.165, 1.54) is 0 Å². The number of rotatable bonds is 12. The summed E-state index contributed by atoms with van der Waals surface area (Å²) < 4.78 is 34.0. The van der Waals surface area contributed by atoms with Crippen LogP contribution in [0.25, 0.3) is 0 Å². The number of ketones is 1. The highest BCUT2D eigenvalue weighted by molar-refractivity contribution is 9.10. The van der Waals surface area contributed by atoms with E-state index in [0.29, 0.717) is 69.5 Å². The van der Waals surface area contributed by atoms with Crippen molar-refractivity contribution in [2.75, 3.05) is 47.8 Å². The molecule has 0 radical (unpaired) electrons. The molecule has 2 aliphatic rings. The Morgan fingerprint density at radius 2 is 1.67 bits per heavy atom. The molecule has 0 unspecified atom stereocenters. The van der Waals surface area contributed by atoms with Crippen LogP contribution in [0.4, 0.5) is 0 Å². The number of carbonyl (C=O) groups excluding carboxylic acids is 2. The Morgan fingerprint density at radius 3 is 2.33 bits per heavy atom. The summed E-state index contributed by atoms with van der Waals surface area (Å²) in [6, 6.07) is 9.44. The summed E-state index contributed by atoms with van der Waals surface area (Å²) in [5.74, 6) is 0.977. The molecule has 1 aliphatic carbocycles. The van der Waals surface area contributed by atoms with E-state index in [-0.39, 0.29) is 31.3 Å². The van der Waals surface area contributed by atoms with E-state index in [9.17, 15) is 9.59 Å². The minimum atomic E-state index is -0.666. The Balaban J connectivity index is 1.80. The molecule has 4 rings (SSSR count). The third kappa shape index (κ3) is 6.44. The van der Waals surface area contributed by atoms with E-state index in [1.54, 1.807) is 21.3 Å². The van der Waals surface area contributed by atoms with Crippen LogP contribution in [0.5, 0.6) is 23.0 Å². The van der Waals surface area contributed by atoms with Gasteiger partial charge in [0.25, 0.3) is 0 Å². The second-order valence-corrected chi connectivity index (χ2v) is 10.8. The molecule has 10 heteroatoms. The van der Waals surface area contributed by atoms with Crippen molar-refractivity contribution in [2.24, 2.45) is 0 Å². The Hall–Kier alpha value is -3.50. The summed E-state index contributed by atoms with van der Waals surface area (Å²) in [6.07, 6.45) is 0.848. The maximum Gasteiger partial charge on any atom is 0.336 e. The van der Waals surface area contributed by atoms with Gasteiger partial charge in [0.05, 0.1) is 44.6 Å². The van der Waals surface area contributed by atoms with E-state index in [4.69, 9.17) is 28.4 Å². The maximum atomic E-state index is 14.1. The molecule has 0 aromatic heterocycles. The number of carbonyl (C=O) groups is 2. The quantitative estimate of drug-likeness (QED) is 0.227. The molecule has 0 spiro atoms. The summed E-state index contributed by atoms with van der Waals surface area (Å²) in [5.41, 5.74) is 4.03. The topological polar surface area (TPSA) is 102 Å². The number of dihydropyridines is 1. The Labute approximate surface area is 255 Å². The van der Waals surface area contributed by atoms with Gasteiger partial charge in [-0.25, -0.2) is 4.79 Å². The van der Waals surface area contributed by atoms with Crippen molar-refractivity contribution >= 4 is 27.7 Å². The molecular weight excluding hydrogens is 606 g/mol. The van der Waals surface area contributed by atoms with Crippen molar-refractivity contribution in [1.29, 1.82) is 0 Å².